The van der Waals surface area contributed by atoms with Gasteiger partial charge in [-0.15, -0.1) is 0 Å². The van der Waals surface area contributed by atoms with Crippen molar-refractivity contribution in [3.63, 3.8) is 0 Å². The maximum absolute atomic E-state index is 9.61. The topological polar surface area (TPSA) is 69.9 Å². The molecule has 4 heteroatoms. The van der Waals surface area contributed by atoms with E-state index in [1.165, 1.54) is 6.08 Å². The van der Waals surface area contributed by atoms with Gasteiger partial charge in [0.15, 0.2) is 0 Å². The predicted molar refractivity (Wildman–Crippen MR) is 62.2 cm³/mol. The Morgan fingerprint density at radius 3 is 2.47 bits per heavy atom. The van der Waals surface area contributed by atoms with E-state index in [0.717, 1.165) is 5.56 Å². The molecule has 4 nitrogen and oxygen atoms in total. The minimum Gasteiger partial charge on any atom is -0.489 e. The van der Waals surface area contributed by atoms with Gasteiger partial charge in [0, 0.05) is 6.42 Å². The monoisotopic (exact) mass is 236 g/mol. The maximum Gasteiger partial charge on any atom is 0.150 e. The first kappa shape index (κ1) is 12.1. The smallest absolute Gasteiger partial charge is 0.150 e. The summed E-state index contributed by atoms with van der Waals surface area (Å²) in [5.74, 6) is 0.577. The largest absolute Gasteiger partial charge is 0.489 e. The normalized spacial score (nSPS) is 28.4. The van der Waals surface area contributed by atoms with Crippen LogP contribution in [-0.2, 0) is 11.2 Å². The Morgan fingerprint density at radius 2 is 1.82 bits per heavy atom. The molecule has 1 aromatic rings. The van der Waals surface area contributed by atoms with Crippen LogP contribution in [0, 0.1) is 0 Å². The minimum atomic E-state index is -1.07. The second kappa shape index (κ2) is 5.31. The number of aliphatic hydroxyl groups excluding tert-OH is 3. The van der Waals surface area contributed by atoms with Crippen molar-refractivity contribution in [2.75, 3.05) is 6.61 Å². The number of hydrogen-bond donors (Lipinski definition) is 3. The van der Waals surface area contributed by atoms with Gasteiger partial charge in [0.1, 0.15) is 18.3 Å². The Hall–Kier alpha value is -1.36. The third-order valence-corrected chi connectivity index (χ3v) is 2.79. The molecule has 0 bridgehead atoms. The van der Waals surface area contributed by atoms with E-state index in [9.17, 15) is 10.2 Å². The fourth-order valence-corrected chi connectivity index (χ4v) is 1.86. The number of rotatable bonds is 3. The SMILES string of the molecule is OC[C@H]1OC(Cc2ccccc2)=C[C@@H](O)[C@@H]1O. The van der Waals surface area contributed by atoms with Gasteiger partial charge in [0.05, 0.1) is 12.4 Å². The van der Waals surface area contributed by atoms with E-state index in [2.05, 4.69) is 0 Å². The lowest BCUT2D eigenvalue weighted by Crippen LogP contribution is -2.43. The molecule has 0 aliphatic carbocycles. The zero-order valence-electron chi connectivity index (χ0n) is 9.36. The standard InChI is InChI=1S/C13H16O4/c14-8-12-13(16)11(15)7-10(17-12)6-9-4-2-1-3-5-9/h1-5,7,11-16H,6,8H2/t11-,12-,13+/m1/s1. The molecule has 92 valence electrons. The van der Waals surface area contributed by atoms with Crippen LogP contribution in [0.4, 0.5) is 0 Å². The van der Waals surface area contributed by atoms with Crippen LogP contribution in [0.1, 0.15) is 5.56 Å². The lowest BCUT2D eigenvalue weighted by molar-refractivity contribution is -0.0918. The summed E-state index contributed by atoms with van der Waals surface area (Å²) >= 11 is 0. The van der Waals surface area contributed by atoms with Crippen molar-refractivity contribution in [2.45, 2.75) is 24.7 Å². The lowest BCUT2D eigenvalue weighted by Gasteiger charge is -2.31. The molecule has 0 aromatic heterocycles. The number of hydrogen-bond acceptors (Lipinski definition) is 4. The molecule has 3 N–H and O–H groups in total. The van der Waals surface area contributed by atoms with Gasteiger partial charge in [-0.3, -0.25) is 0 Å². The zero-order chi connectivity index (χ0) is 12.3. The van der Waals surface area contributed by atoms with Gasteiger partial charge in [-0.05, 0) is 11.6 Å². The molecule has 3 atom stereocenters. The molecule has 0 saturated heterocycles. The first-order valence-corrected chi connectivity index (χ1v) is 5.59. The summed E-state index contributed by atoms with van der Waals surface area (Å²) in [6.07, 6.45) is -0.779. The molecular weight excluding hydrogens is 220 g/mol. The van der Waals surface area contributed by atoms with E-state index in [4.69, 9.17) is 9.84 Å². The van der Waals surface area contributed by atoms with Crippen LogP contribution in [-0.4, -0.2) is 40.2 Å². The van der Waals surface area contributed by atoms with Crippen LogP contribution in [0.2, 0.25) is 0 Å². The van der Waals surface area contributed by atoms with E-state index >= 15 is 0 Å². The van der Waals surface area contributed by atoms with Gasteiger partial charge in [-0.1, -0.05) is 30.3 Å². The van der Waals surface area contributed by atoms with Crippen LogP contribution < -0.4 is 0 Å². The van der Waals surface area contributed by atoms with Crippen molar-refractivity contribution in [1.82, 2.24) is 0 Å². The van der Waals surface area contributed by atoms with Crippen molar-refractivity contribution in [3.8, 4) is 0 Å². The highest BCUT2D eigenvalue weighted by Crippen LogP contribution is 2.21. The first-order chi connectivity index (χ1) is 8.20. The molecule has 17 heavy (non-hydrogen) atoms. The Labute approximate surface area is 99.8 Å². The average Bonchev–Trinajstić information content (AvgIpc) is 2.35. The summed E-state index contributed by atoms with van der Waals surface area (Å²) in [6, 6.07) is 9.68. The molecule has 1 aliphatic heterocycles. The van der Waals surface area contributed by atoms with Crippen LogP contribution in [0.3, 0.4) is 0 Å². The van der Waals surface area contributed by atoms with E-state index in [1.807, 2.05) is 30.3 Å². The number of ether oxygens (including phenoxy) is 1. The molecule has 0 unspecified atom stereocenters. The van der Waals surface area contributed by atoms with Gasteiger partial charge < -0.3 is 20.1 Å². The Bertz CT molecular complexity index is 388. The molecular formula is C13H16O4. The van der Waals surface area contributed by atoms with Crippen molar-refractivity contribution >= 4 is 0 Å². The molecule has 2 rings (SSSR count). The molecule has 0 saturated carbocycles. The van der Waals surface area contributed by atoms with E-state index < -0.39 is 18.3 Å². The highest BCUT2D eigenvalue weighted by Gasteiger charge is 2.31. The molecule has 0 fully saturated rings. The number of allylic oxidation sites excluding steroid dienone is 1. The molecule has 0 amide bonds. The molecule has 1 heterocycles. The zero-order valence-corrected chi connectivity index (χ0v) is 9.36. The third kappa shape index (κ3) is 2.85. The van der Waals surface area contributed by atoms with Crippen LogP contribution >= 0.6 is 0 Å². The Morgan fingerprint density at radius 1 is 1.12 bits per heavy atom. The first-order valence-electron chi connectivity index (χ1n) is 5.59. The van der Waals surface area contributed by atoms with E-state index in [-0.39, 0.29) is 6.61 Å². The van der Waals surface area contributed by atoms with Gasteiger partial charge in [-0.25, -0.2) is 0 Å². The van der Waals surface area contributed by atoms with E-state index in [1.54, 1.807) is 0 Å². The number of aliphatic hydroxyl groups is 3. The second-order valence-electron chi connectivity index (χ2n) is 4.12. The fraction of sp³-hybridized carbons (Fsp3) is 0.385. The van der Waals surface area contributed by atoms with Gasteiger partial charge in [-0.2, -0.15) is 0 Å². The minimum absolute atomic E-state index is 0.315. The van der Waals surface area contributed by atoms with Crippen LogP contribution in [0.25, 0.3) is 0 Å². The van der Waals surface area contributed by atoms with Crippen molar-refractivity contribution in [2.24, 2.45) is 0 Å². The summed E-state index contributed by atoms with van der Waals surface area (Å²) in [6.45, 7) is -0.315. The Kier molecular flexibility index (Phi) is 3.78. The summed E-state index contributed by atoms with van der Waals surface area (Å²) in [7, 11) is 0. The highest BCUT2D eigenvalue weighted by atomic mass is 16.5. The quantitative estimate of drug-likeness (QED) is 0.702. The summed E-state index contributed by atoms with van der Waals surface area (Å²) in [4.78, 5) is 0. The van der Waals surface area contributed by atoms with Crippen molar-refractivity contribution in [1.29, 1.82) is 0 Å². The van der Waals surface area contributed by atoms with Crippen LogP contribution in [0.5, 0.6) is 0 Å². The van der Waals surface area contributed by atoms with Crippen molar-refractivity contribution in [3.05, 3.63) is 47.7 Å². The lowest BCUT2D eigenvalue weighted by atomic mass is 10.0. The van der Waals surface area contributed by atoms with Gasteiger partial charge >= 0.3 is 0 Å². The molecule has 0 spiro atoms. The van der Waals surface area contributed by atoms with E-state index in [0.29, 0.717) is 12.2 Å². The average molecular weight is 236 g/mol. The van der Waals surface area contributed by atoms with Crippen molar-refractivity contribution < 1.29 is 20.1 Å². The highest BCUT2D eigenvalue weighted by molar-refractivity contribution is 5.21. The predicted octanol–water partition coefficient (Wildman–Crippen LogP) is 0.226. The van der Waals surface area contributed by atoms with Gasteiger partial charge in [0.25, 0.3) is 0 Å². The molecule has 1 aromatic carbocycles. The summed E-state index contributed by atoms with van der Waals surface area (Å²) < 4.78 is 5.42. The second-order valence-corrected chi connectivity index (χ2v) is 4.12. The van der Waals surface area contributed by atoms with Gasteiger partial charge in [0.2, 0.25) is 0 Å². The van der Waals surface area contributed by atoms with Crippen LogP contribution in [0.15, 0.2) is 42.2 Å². The molecule has 0 radical (unpaired) electrons. The summed E-state index contributed by atoms with van der Waals surface area (Å²) in [5, 5.41) is 28.2. The third-order valence-electron chi connectivity index (χ3n) is 2.79. The molecule has 1 aliphatic rings. The fourth-order valence-electron chi connectivity index (χ4n) is 1.86. The number of benzene rings is 1. The maximum atomic E-state index is 9.61. The Balaban J connectivity index is 2.09. The summed E-state index contributed by atoms with van der Waals surface area (Å²) in [5.41, 5.74) is 1.05.